The van der Waals surface area contributed by atoms with Gasteiger partial charge < -0.3 is 14.2 Å². The Balaban J connectivity index is 1.78. The Labute approximate surface area is 235 Å². The summed E-state index contributed by atoms with van der Waals surface area (Å²) in [6, 6.07) is 1.24. The van der Waals surface area contributed by atoms with Crippen LogP contribution >= 0.6 is 11.6 Å². The van der Waals surface area contributed by atoms with Crippen LogP contribution in [0.1, 0.15) is 50.1 Å². The van der Waals surface area contributed by atoms with E-state index in [0.717, 1.165) is 25.2 Å². The van der Waals surface area contributed by atoms with Gasteiger partial charge in [0, 0.05) is 31.0 Å². The normalized spacial score (nSPS) is 17.1. The SMILES string of the molecule is CCn1c(COC2CCCCO2)nn(-c2cc(O[C@@H](C)C(F)(F)F)c(/C(F)=C/c3c(F)cncc3Cl)cc2F)c1=O. The molecule has 1 unspecified atom stereocenters. The lowest BCUT2D eigenvalue weighted by Crippen LogP contribution is -2.31. The molecule has 0 radical (unpaired) electrons. The van der Waals surface area contributed by atoms with Crippen LogP contribution in [0.2, 0.25) is 5.02 Å². The molecule has 1 fully saturated rings. The minimum absolute atomic E-state index is 0.107. The van der Waals surface area contributed by atoms with Crippen LogP contribution in [0.4, 0.5) is 26.3 Å². The van der Waals surface area contributed by atoms with E-state index in [1.165, 1.54) is 4.57 Å². The fourth-order valence-electron chi connectivity index (χ4n) is 4.04. The number of benzene rings is 1. The Kier molecular flexibility index (Phi) is 9.44. The summed E-state index contributed by atoms with van der Waals surface area (Å²) in [5, 5.41) is 3.82. The average molecular weight is 607 g/mol. The predicted octanol–water partition coefficient (Wildman–Crippen LogP) is 6.22. The second-order valence-electron chi connectivity index (χ2n) is 9.07. The molecule has 8 nitrogen and oxygen atoms in total. The molecule has 0 spiro atoms. The standard InChI is InChI=1S/C26H25ClF6N4O4/c1-3-36-23(13-40-24-6-4-5-7-39-24)35-37(25(36)38)21-10-22(41-14(2)26(31,32)33)16(9-19(21)29)18(28)8-15-17(27)11-34-12-20(15)30/h8-12,14,24H,3-7,13H2,1-2H3/b18-8-/t14-,24?/m0/s1. The molecular formula is C26H25ClF6N4O4. The maximum absolute atomic E-state index is 15.4. The number of hydrogen-bond acceptors (Lipinski definition) is 6. The summed E-state index contributed by atoms with van der Waals surface area (Å²) >= 11 is 5.87. The maximum atomic E-state index is 15.4. The zero-order valence-electron chi connectivity index (χ0n) is 21.9. The molecule has 1 aliphatic rings. The molecule has 1 aromatic carbocycles. The highest BCUT2D eigenvalue weighted by atomic mass is 35.5. The van der Waals surface area contributed by atoms with E-state index in [0.29, 0.717) is 42.8 Å². The van der Waals surface area contributed by atoms with Gasteiger partial charge in [0.2, 0.25) is 0 Å². The van der Waals surface area contributed by atoms with E-state index in [1.54, 1.807) is 6.92 Å². The summed E-state index contributed by atoms with van der Waals surface area (Å²) < 4.78 is 103. The van der Waals surface area contributed by atoms with E-state index < -0.39 is 64.3 Å². The van der Waals surface area contributed by atoms with Crippen LogP contribution in [0.5, 0.6) is 5.75 Å². The number of nitrogens with zero attached hydrogens (tertiary/aromatic N) is 4. The van der Waals surface area contributed by atoms with Gasteiger partial charge in [0.15, 0.2) is 18.2 Å². The first kappa shape index (κ1) is 30.6. The van der Waals surface area contributed by atoms with Crippen LogP contribution in [0, 0.1) is 11.6 Å². The molecule has 0 saturated carbocycles. The van der Waals surface area contributed by atoms with Crippen molar-refractivity contribution < 1.29 is 40.6 Å². The highest BCUT2D eigenvalue weighted by Crippen LogP contribution is 2.36. The van der Waals surface area contributed by atoms with Crippen molar-refractivity contribution in [2.24, 2.45) is 0 Å². The van der Waals surface area contributed by atoms with Crippen molar-refractivity contribution in [2.45, 2.75) is 64.8 Å². The number of aromatic nitrogens is 4. The lowest BCUT2D eigenvalue weighted by molar-refractivity contribution is -0.189. The molecule has 222 valence electrons. The molecule has 4 rings (SSSR count). The van der Waals surface area contributed by atoms with Gasteiger partial charge in [0.05, 0.1) is 16.8 Å². The van der Waals surface area contributed by atoms with Gasteiger partial charge in [-0.25, -0.2) is 18.0 Å². The predicted molar refractivity (Wildman–Crippen MR) is 136 cm³/mol. The second kappa shape index (κ2) is 12.7. The van der Waals surface area contributed by atoms with Gasteiger partial charge in [-0.1, -0.05) is 11.6 Å². The largest absolute Gasteiger partial charge is 0.480 e. The molecular weight excluding hydrogens is 582 g/mol. The van der Waals surface area contributed by atoms with Crippen LogP contribution in [0.3, 0.4) is 0 Å². The van der Waals surface area contributed by atoms with E-state index in [4.69, 9.17) is 25.8 Å². The van der Waals surface area contributed by atoms with Crippen molar-refractivity contribution in [3.63, 3.8) is 0 Å². The van der Waals surface area contributed by atoms with Crippen molar-refractivity contribution >= 4 is 23.5 Å². The molecule has 0 aliphatic carbocycles. The molecule has 41 heavy (non-hydrogen) atoms. The van der Waals surface area contributed by atoms with Crippen molar-refractivity contribution in [3.05, 3.63) is 68.6 Å². The third-order valence-electron chi connectivity index (χ3n) is 6.25. The lowest BCUT2D eigenvalue weighted by Gasteiger charge is -2.22. The zero-order valence-corrected chi connectivity index (χ0v) is 22.6. The molecule has 2 atom stereocenters. The summed E-state index contributed by atoms with van der Waals surface area (Å²) in [6.45, 7) is 2.77. The van der Waals surface area contributed by atoms with Crippen molar-refractivity contribution in [2.75, 3.05) is 6.61 Å². The van der Waals surface area contributed by atoms with Gasteiger partial charge in [0.1, 0.15) is 35.5 Å². The summed E-state index contributed by atoms with van der Waals surface area (Å²) in [5.74, 6) is -4.28. The highest BCUT2D eigenvalue weighted by Gasteiger charge is 2.39. The van der Waals surface area contributed by atoms with Crippen molar-refractivity contribution in [1.82, 2.24) is 19.3 Å². The molecule has 3 aromatic rings. The summed E-state index contributed by atoms with van der Waals surface area (Å²) in [7, 11) is 0. The first-order chi connectivity index (χ1) is 19.4. The first-order valence-electron chi connectivity index (χ1n) is 12.6. The van der Waals surface area contributed by atoms with E-state index in [1.807, 2.05) is 0 Å². The number of alkyl halides is 3. The lowest BCUT2D eigenvalue weighted by atomic mass is 10.1. The Morgan fingerprint density at radius 3 is 2.63 bits per heavy atom. The maximum Gasteiger partial charge on any atom is 0.425 e. The minimum Gasteiger partial charge on any atom is -0.480 e. The quantitative estimate of drug-likeness (QED) is 0.269. The van der Waals surface area contributed by atoms with Gasteiger partial charge >= 0.3 is 11.9 Å². The fourth-order valence-corrected chi connectivity index (χ4v) is 4.24. The molecule has 0 N–H and O–H groups in total. The summed E-state index contributed by atoms with van der Waals surface area (Å²) in [4.78, 5) is 16.6. The second-order valence-corrected chi connectivity index (χ2v) is 9.48. The molecule has 2 aromatic heterocycles. The Morgan fingerprint density at radius 2 is 2.00 bits per heavy atom. The van der Waals surface area contributed by atoms with Crippen molar-refractivity contribution in [3.8, 4) is 11.4 Å². The molecule has 1 aliphatic heterocycles. The minimum atomic E-state index is -4.88. The third kappa shape index (κ3) is 6.93. The van der Waals surface area contributed by atoms with Crippen LogP contribution in [-0.4, -0.2) is 44.5 Å². The van der Waals surface area contributed by atoms with E-state index in [-0.39, 0.29) is 24.0 Å². The number of halogens is 7. The van der Waals surface area contributed by atoms with Crippen LogP contribution in [-0.2, 0) is 22.6 Å². The fraction of sp³-hybridized carbons (Fsp3) is 0.423. The number of rotatable bonds is 9. The summed E-state index contributed by atoms with van der Waals surface area (Å²) in [6.07, 6.45) is -3.09. The van der Waals surface area contributed by atoms with E-state index in [2.05, 4.69) is 10.1 Å². The first-order valence-corrected chi connectivity index (χ1v) is 12.9. The molecule has 0 bridgehead atoms. The van der Waals surface area contributed by atoms with Gasteiger partial charge in [-0.2, -0.15) is 17.9 Å². The summed E-state index contributed by atoms with van der Waals surface area (Å²) in [5.41, 5.74) is -2.68. The number of pyridine rings is 1. The Morgan fingerprint density at radius 1 is 1.24 bits per heavy atom. The highest BCUT2D eigenvalue weighted by molar-refractivity contribution is 6.32. The van der Waals surface area contributed by atoms with Gasteiger partial charge in [-0.05, 0) is 45.3 Å². The molecule has 0 amide bonds. The van der Waals surface area contributed by atoms with E-state index in [9.17, 15) is 22.4 Å². The smallest absolute Gasteiger partial charge is 0.425 e. The number of hydrogen-bond donors (Lipinski definition) is 0. The van der Waals surface area contributed by atoms with Gasteiger partial charge in [0.25, 0.3) is 0 Å². The third-order valence-corrected chi connectivity index (χ3v) is 6.55. The van der Waals surface area contributed by atoms with Crippen LogP contribution in [0.25, 0.3) is 17.6 Å². The van der Waals surface area contributed by atoms with Crippen molar-refractivity contribution in [1.29, 1.82) is 0 Å². The van der Waals surface area contributed by atoms with E-state index >= 15 is 8.78 Å². The molecule has 1 saturated heterocycles. The molecule has 3 heterocycles. The molecule has 15 heteroatoms. The number of ether oxygens (including phenoxy) is 3. The average Bonchev–Trinajstić information content (AvgIpc) is 3.24. The monoisotopic (exact) mass is 606 g/mol. The van der Waals surface area contributed by atoms with Crippen LogP contribution < -0.4 is 10.4 Å². The Hall–Kier alpha value is -3.36. The van der Waals surface area contributed by atoms with Gasteiger partial charge in [-0.15, -0.1) is 5.10 Å². The zero-order chi connectivity index (χ0) is 29.9. The van der Waals surface area contributed by atoms with Gasteiger partial charge in [-0.3, -0.25) is 9.55 Å². The topological polar surface area (TPSA) is 80.4 Å². The Bertz CT molecular complexity index is 1460. The van der Waals surface area contributed by atoms with Crippen LogP contribution in [0.15, 0.2) is 29.3 Å².